The molecule has 3 aromatic carbocycles. The number of benzene rings is 3. The zero-order chi connectivity index (χ0) is 59.1. The summed E-state index contributed by atoms with van der Waals surface area (Å²) in [4.78, 5) is 54.9. The van der Waals surface area contributed by atoms with Crippen molar-refractivity contribution in [3.8, 4) is 5.75 Å². The van der Waals surface area contributed by atoms with Crippen molar-refractivity contribution < 1.29 is 95.9 Å². The smallest absolute Gasteiger partial charge is 0.434 e. The summed E-state index contributed by atoms with van der Waals surface area (Å²) in [6.07, 6.45) is -33.5. The number of amides is 2. The number of nitrogens with zero attached hydrogens (tertiary/aromatic N) is 5. The Bertz CT molecular complexity index is 2430. The van der Waals surface area contributed by atoms with Crippen LogP contribution in [0.25, 0.3) is 0 Å². The number of aryl methyl sites for hydroxylation is 2. The van der Waals surface area contributed by atoms with Gasteiger partial charge < -0.3 is 44.1 Å². The van der Waals surface area contributed by atoms with Crippen molar-refractivity contribution in [1.82, 2.24) is 19.6 Å². The number of aliphatic carboxylic acids is 1. The molecule has 0 aromatic heterocycles. The van der Waals surface area contributed by atoms with Crippen LogP contribution in [0.4, 0.5) is 73.6 Å². The molecule has 15 nitrogen and oxygen atoms in total. The number of alkyl halides is 12. The first-order chi connectivity index (χ1) is 36.6. The summed E-state index contributed by atoms with van der Waals surface area (Å²) in [5.74, 6) is -0.476. The number of ether oxygens (including phenoxy) is 4. The van der Waals surface area contributed by atoms with Gasteiger partial charge in [0.2, 0.25) is 0 Å². The first-order valence-corrected chi connectivity index (χ1v) is 25.0. The number of esters is 1. The maximum Gasteiger partial charge on any atom is 0.434 e. The standard InChI is InChI=1S/C32H41F6N3O5.C20H25F6N3O4/c1-22-8-11-24(21-39-15-17-40(18-16-39)29(43)45-28(31(33,34)35)32(36,37)38)26(19-22)41(14-6-7-27(42)46-30(2,3)4)20-23-9-12-25(44-5)13-10-23;1-13-4-5-14(15(11-13)27-6-2-3-16(30)31)12-28-7-9-29(10-8-28)18(32)33-17(19(21,22)23)20(24,25)26/h8-13,19,28H,6-7,14-18,20-21H2,1-5H3;4-5,11,17,27H,2-3,6-10,12H2,1H3,(H,30,31). The lowest BCUT2D eigenvalue weighted by Crippen LogP contribution is -2.52. The van der Waals surface area contributed by atoms with Gasteiger partial charge in [0.15, 0.2) is 0 Å². The summed E-state index contributed by atoms with van der Waals surface area (Å²) in [5, 5.41) is 11.9. The first kappa shape index (κ1) is 65.1. The third-order valence-electron chi connectivity index (χ3n) is 12.2. The number of piperazine rings is 2. The van der Waals surface area contributed by atoms with Crippen LogP contribution in [-0.2, 0) is 43.4 Å². The minimum Gasteiger partial charge on any atom is -0.497 e. The van der Waals surface area contributed by atoms with Crippen LogP contribution >= 0.6 is 0 Å². The van der Waals surface area contributed by atoms with Gasteiger partial charge in [0, 0.05) is 109 Å². The van der Waals surface area contributed by atoms with Crippen LogP contribution in [0.1, 0.15) is 74.3 Å². The van der Waals surface area contributed by atoms with Gasteiger partial charge in [0.1, 0.15) is 11.4 Å². The van der Waals surface area contributed by atoms with E-state index in [0.717, 1.165) is 49.0 Å². The Hall–Kier alpha value is -6.38. The highest BCUT2D eigenvalue weighted by Crippen LogP contribution is 2.38. The second-order valence-electron chi connectivity index (χ2n) is 19.9. The second kappa shape index (κ2) is 28.2. The molecule has 0 spiro atoms. The largest absolute Gasteiger partial charge is 0.497 e. The van der Waals surface area contributed by atoms with E-state index in [9.17, 15) is 71.9 Å². The van der Waals surface area contributed by atoms with Gasteiger partial charge in [-0.25, -0.2) is 9.59 Å². The number of anilines is 2. The van der Waals surface area contributed by atoms with E-state index in [1.807, 2.05) is 105 Å². The highest BCUT2D eigenvalue weighted by atomic mass is 19.4. The minimum atomic E-state index is -5.78. The Labute approximate surface area is 449 Å². The third kappa shape index (κ3) is 22.0. The van der Waals surface area contributed by atoms with E-state index in [1.165, 1.54) is 0 Å². The van der Waals surface area contributed by atoms with Gasteiger partial charge >= 0.3 is 48.8 Å². The number of halogens is 12. The monoisotopic (exact) mass is 1150 g/mol. The molecule has 2 fully saturated rings. The maximum absolute atomic E-state index is 12.9. The van der Waals surface area contributed by atoms with Gasteiger partial charge in [0.25, 0.3) is 12.2 Å². The van der Waals surface area contributed by atoms with Crippen LogP contribution < -0.4 is 15.0 Å². The summed E-state index contributed by atoms with van der Waals surface area (Å²) in [7, 11) is 1.58. The fourth-order valence-corrected chi connectivity index (χ4v) is 8.25. The second-order valence-corrected chi connectivity index (χ2v) is 19.9. The highest BCUT2D eigenvalue weighted by Gasteiger charge is 2.61. The molecule has 2 aliphatic heterocycles. The van der Waals surface area contributed by atoms with Crippen LogP contribution in [0.2, 0.25) is 0 Å². The molecular weight excluding hydrogens is 1080 g/mol. The van der Waals surface area contributed by atoms with E-state index in [1.54, 1.807) is 7.11 Å². The van der Waals surface area contributed by atoms with Gasteiger partial charge in [-0.3, -0.25) is 19.4 Å². The van der Waals surface area contributed by atoms with Gasteiger partial charge in [0.05, 0.1) is 7.11 Å². The summed E-state index contributed by atoms with van der Waals surface area (Å²) in [6.45, 7) is 12.1. The summed E-state index contributed by atoms with van der Waals surface area (Å²) in [5.41, 5.74) is 5.94. The predicted molar refractivity (Wildman–Crippen MR) is 265 cm³/mol. The zero-order valence-electron chi connectivity index (χ0n) is 44.4. The van der Waals surface area contributed by atoms with E-state index in [-0.39, 0.29) is 71.2 Å². The summed E-state index contributed by atoms with van der Waals surface area (Å²) >= 11 is 0. The fourth-order valence-electron chi connectivity index (χ4n) is 8.25. The molecule has 0 saturated carbocycles. The maximum atomic E-state index is 12.9. The van der Waals surface area contributed by atoms with E-state index in [0.29, 0.717) is 51.3 Å². The zero-order valence-corrected chi connectivity index (χ0v) is 44.4. The number of hydrogen-bond donors (Lipinski definition) is 2. The predicted octanol–water partition coefficient (Wildman–Crippen LogP) is 10.9. The molecule has 2 heterocycles. The van der Waals surface area contributed by atoms with Gasteiger partial charge in [-0.15, -0.1) is 0 Å². The number of methoxy groups -OCH3 is 1. The average Bonchev–Trinajstić information content (AvgIpc) is 3.33. The topological polar surface area (TPSA) is 154 Å². The third-order valence-corrected chi connectivity index (χ3v) is 12.2. The Morgan fingerprint density at radius 1 is 0.620 bits per heavy atom. The average molecular weight is 1150 g/mol. The SMILES string of the molecule is COc1ccc(CN(CCCC(=O)OC(C)(C)C)c2cc(C)ccc2CN2CCN(C(=O)OC(C(F)(F)F)C(F)(F)F)CC2)cc1.Cc1ccc(CN2CCN(C(=O)OC(C(F)(F)F)C(F)(F)F)CC2)c(NCCCC(=O)O)c1. The summed E-state index contributed by atoms with van der Waals surface area (Å²) in [6, 6.07) is 19.3. The van der Waals surface area contributed by atoms with Crippen molar-refractivity contribution in [3.63, 3.8) is 0 Å². The molecule has 2 saturated heterocycles. The molecule has 0 bridgehead atoms. The van der Waals surface area contributed by atoms with Crippen molar-refractivity contribution in [1.29, 1.82) is 0 Å². The normalized spacial score (nSPS) is 15.1. The Morgan fingerprint density at radius 2 is 1.08 bits per heavy atom. The first-order valence-electron chi connectivity index (χ1n) is 25.0. The molecule has 0 aliphatic carbocycles. The van der Waals surface area contributed by atoms with E-state index < -0.39 is 60.7 Å². The molecule has 0 atom stereocenters. The Morgan fingerprint density at radius 3 is 1.52 bits per heavy atom. The quantitative estimate of drug-likeness (QED) is 0.0507. The fraction of sp³-hybridized carbons (Fsp3) is 0.577. The molecule has 0 radical (unpaired) electrons. The summed E-state index contributed by atoms with van der Waals surface area (Å²) < 4.78 is 171. The van der Waals surface area contributed by atoms with Gasteiger partial charge in [-0.1, -0.05) is 36.4 Å². The molecular formula is C52H66F12N6O9. The van der Waals surface area contributed by atoms with Crippen LogP contribution in [0.15, 0.2) is 60.7 Å². The number of rotatable bonds is 19. The molecule has 27 heteroatoms. The molecule has 442 valence electrons. The number of nitrogens with one attached hydrogen (secondary N) is 1. The molecule has 5 rings (SSSR count). The van der Waals surface area contributed by atoms with Crippen molar-refractivity contribution in [2.75, 3.05) is 82.8 Å². The molecule has 3 aromatic rings. The molecule has 0 unspecified atom stereocenters. The van der Waals surface area contributed by atoms with Crippen molar-refractivity contribution >= 4 is 35.5 Å². The van der Waals surface area contributed by atoms with Crippen molar-refractivity contribution in [3.05, 3.63) is 88.5 Å². The van der Waals surface area contributed by atoms with Crippen molar-refractivity contribution in [2.45, 2.75) is 122 Å². The molecule has 2 N–H and O–H groups in total. The van der Waals surface area contributed by atoms with Crippen LogP contribution in [0.5, 0.6) is 5.75 Å². The number of carbonyl (C=O) groups excluding carboxylic acids is 3. The van der Waals surface area contributed by atoms with Crippen LogP contribution in [-0.4, -0.2) is 164 Å². The molecule has 2 amide bonds. The molecule has 79 heavy (non-hydrogen) atoms. The number of carboxylic acids is 1. The van der Waals surface area contributed by atoms with Gasteiger partial charge in [-0.2, -0.15) is 52.7 Å². The molecule has 2 aliphatic rings. The number of hydrogen-bond acceptors (Lipinski definition) is 12. The highest BCUT2D eigenvalue weighted by molar-refractivity contribution is 5.70. The Kier molecular flexibility index (Phi) is 23.2. The number of carbonyl (C=O) groups is 4. The van der Waals surface area contributed by atoms with E-state index in [2.05, 4.69) is 19.7 Å². The number of carboxylic acid groups (broad SMARTS) is 1. The Balaban J connectivity index is 0.000000360. The lowest BCUT2D eigenvalue weighted by atomic mass is 10.1. The minimum absolute atomic E-state index is 0.0236. The van der Waals surface area contributed by atoms with E-state index in [4.69, 9.17) is 14.6 Å². The van der Waals surface area contributed by atoms with Crippen LogP contribution in [0, 0.1) is 13.8 Å². The van der Waals surface area contributed by atoms with E-state index >= 15 is 0 Å². The lowest BCUT2D eigenvalue weighted by molar-refractivity contribution is -0.309. The van der Waals surface area contributed by atoms with Crippen molar-refractivity contribution in [2.24, 2.45) is 0 Å². The van der Waals surface area contributed by atoms with Gasteiger partial charge in [-0.05, 0) is 99.5 Å². The lowest BCUT2D eigenvalue weighted by Gasteiger charge is -2.36. The van der Waals surface area contributed by atoms with Crippen LogP contribution in [0.3, 0.4) is 0 Å².